The van der Waals surface area contributed by atoms with Gasteiger partial charge in [0, 0.05) is 45.5 Å². The first-order valence-electron chi connectivity index (χ1n) is 10.3. The quantitative estimate of drug-likeness (QED) is 0.706. The molecule has 0 radical (unpaired) electrons. The van der Waals surface area contributed by atoms with Crippen LogP contribution in [0, 0.1) is 5.41 Å². The maximum atomic E-state index is 14.2. The Balaban J connectivity index is 1.44. The number of benzene rings is 1. The van der Waals surface area contributed by atoms with Crippen molar-refractivity contribution in [2.75, 3.05) is 44.2 Å². The Kier molecular flexibility index (Phi) is 6.12. The van der Waals surface area contributed by atoms with Gasteiger partial charge >= 0.3 is 6.18 Å². The highest BCUT2D eigenvalue weighted by atomic mass is 35.5. The molecule has 2 aliphatic rings. The molecular formula is C22H24ClF3N4O. The van der Waals surface area contributed by atoms with Crippen LogP contribution < -0.4 is 4.90 Å². The molecule has 0 bridgehead atoms. The topological polar surface area (TPSA) is 39.7 Å². The zero-order valence-corrected chi connectivity index (χ0v) is 17.7. The molecule has 1 aromatic heterocycles. The summed E-state index contributed by atoms with van der Waals surface area (Å²) in [6, 6.07) is 12.9. The Hall–Kier alpha value is -2.32. The largest absolute Gasteiger partial charge is 0.404 e. The van der Waals surface area contributed by atoms with Crippen LogP contribution in [0.15, 0.2) is 48.7 Å². The number of carbonyl (C=O) groups is 1. The Morgan fingerprint density at radius 3 is 2.35 bits per heavy atom. The fourth-order valence-corrected chi connectivity index (χ4v) is 4.50. The van der Waals surface area contributed by atoms with Crippen molar-refractivity contribution in [2.24, 2.45) is 5.41 Å². The van der Waals surface area contributed by atoms with E-state index in [-0.39, 0.29) is 32.6 Å². The number of carbonyl (C=O) groups excluding carboxylic acids is 1. The summed E-state index contributed by atoms with van der Waals surface area (Å²) in [7, 11) is 0. The van der Waals surface area contributed by atoms with Crippen LogP contribution in [0.4, 0.5) is 19.0 Å². The van der Waals surface area contributed by atoms with Gasteiger partial charge in [-0.2, -0.15) is 13.2 Å². The van der Waals surface area contributed by atoms with E-state index in [4.69, 9.17) is 11.6 Å². The van der Waals surface area contributed by atoms with Crippen molar-refractivity contribution in [3.8, 4) is 0 Å². The van der Waals surface area contributed by atoms with Gasteiger partial charge in [-0.3, -0.25) is 9.69 Å². The van der Waals surface area contributed by atoms with E-state index in [1.165, 1.54) is 11.1 Å². The number of pyridine rings is 1. The van der Waals surface area contributed by atoms with E-state index in [9.17, 15) is 18.0 Å². The lowest BCUT2D eigenvalue weighted by molar-refractivity contribution is -0.223. The third kappa shape index (κ3) is 4.50. The summed E-state index contributed by atoms with van der Waals surface area (Å²) in [6.45, 7) is 1.68. The minimum atomic E-state index is -4.59. The van der Waals surface area contributed by atoms with Crippen molar-refractivity contribution >= 4 is 23.3 Å². The fourth-order valence-electron chi connectivity index (χ4n) is 4.39. The van der Waals surface area contributed by atoms with Crippen LogP contribution in [-0.2, 0) is 11.3 Å². The van der Waals surface area contributed by atoms with E-state index in [0.29, 0.717) is 30.5 Å². The van der Waals surface area contributed by atoms with Crippen LogP contribution in [0.5, 0.6) is 0 Å². The number of aromatic nitrogens is 1. The number of nitrogens with zero attached hydrogens (tertiary/aromatic N) is 4. The van der Waals surface area contributed by atoms with Crippen molar-refractivity contribution < 1.29 is 18.0 Å². The van der Waals surface area contributed by atoms with E-state index < -0.39 is 17.5 Å². The smallest absolute Gasteiger partial charge is 0.353 e. The van der Waals surface area contributed by atoms with Gasteiger partial charge in [-0.25, -0.2) is 4.98 Å². The Bertz CT molecular complexity index is 901. The van der Waals surface area contributed by atoms with Crippen LogP contribution in [-0.4, -0.2) is 66.1 Å². The second-order valence-corrected chi connectivity index (χ2v) is 8.58. The summed E-state index contributed by atoms with van der Waals surface area (Å²) >= 11 is 5.86. The molecule has 0 aliphatic carbocycles. The van der Waals surface area contributed by atoms with Crippen molar-refractivity contribution in [1.82, 2.24) is 14.8 Å². The lowest BCUT2D eigenvalue weighted by Crippen LogP contribution is -2.58. The summed E-state index contributed by atoms with van der Waals surface area (Å²) in [5.74, 6) is -0.101. The van der Waals surface area contributed by atoms with Crippen LogP contribution in [0.3, 0.4) is 0 Å². The number of piperazine rings is 1. The molecule has 4 rings (SSSR count). The number of rotatable bonds is 4. The SMILES string of the molecule is O=C(N1CCN(c2ccc(Cl)cn2)CC1)C1(C(F)(F)F)CCN(Cc2ccccc2)C1. The van der Waals surface area contributed by atoms with Gasteiger partial charge in [0.05, 0.1) is 5.02 Å². The number of halogens is 4. The van der Waals surface area contributed by atoms with Gasteiger partial charge < -0.3 is 9.80 Å². The van der Waals surface area contributed by atoms with Gasteiger partial charge in [0.2, 0.25) is 5.91 Å². The molecule has 5 nitrogen and oxygen atoms in total. The minimum absolute atomic E-state index is 0.207. The summed E-state index contributed by atoms with van der Waals surface area (Å²) < 4.78 is 42.6. The van der Waals surface area contributed by atoms with Crippen molar-refractivity contribution in [3.63, 3.8) is 0 Å². The maximum Gasteiger partial charge on any atom is 0.404 e. The lowest BCUT2D eigenvalue weighted by atomic mass is 9.84. The Labute approximate surface area is 184 Å². The molecule has 0 saturated carbocycles. The van der Waals surface area contributed by atoms with E-state index in [1.807, 2.05) is 35.2 Å². The third-order valence-electron chi connectivity index (χ3n) is 6.15. The molecule has 3 heterocycles. The molecule has 2 fully saturated rings. The summed E-state index contributed by atoms with van der Waals surface area (Å²) in [5.41, 5.74) is -1.40. The first-order chi connectivity index (χ1) is 14.8. The number of alkyl halides is 3. The maximum absolute atomic E-state index is 14.2. The second-order valence-electron chi connectivity index (χ2n) is 8.14. The molecule has 1 amide bonds. The standard InChI is InChI=1S/C22H24ClF3N4O/c23-18-6-7-19(27-14-18)29-10-12-30(13-11-29)20(31)21(22(24,25)26)8-9-28(16-21)15-17-4-2-1-3-5-17/h1-7,14H,8-13,15-16H2. The summed E-state index contributed by atoms with van der Waals surface area (Å²) in [4.78, 5) is 22.5. The summed E-state index contributed by atoms with van der Waals surface area (Å²) in [5, 5.41) is 0.519. The highest BCUT2D eigenvalue weighted by Crippen LogP contribution is 2.47. The van der Waals surface area contributed by atoms with E-state index in [0.717, 1.165) is 5.56 Å². The number of hydrogen-bond donors (Lipinski definition) is 0. The first kappa shape index (κ1) is 21.9. The van der Waals surface area contributed by atoms with E-state index >= 15 is 0 Å². The second kappa shape index (κ2) is 8.67. The average Bonchev–Trinajstić information content (AvgIpc) is 3.20. The molecule has 0 N–H and O–H groups in total. The number of anilines is 1. The average molecular weight is 453 g/mol. The minimum Gasteiger partial charge on any atom is -0.353 e. The van der Waals surface area contributed by atoms with Gasteiger partial charge in [0.1, 0.15) is 5.82 Å². The molecular weight excluding hydrogens is 429 g/mol. The first-order valence-corrected chi connectivity index (χ1v) is 10.7. The van der Waals surface area contributed by atoms with Gasteiger partial charge in [0.25, 0.3) is 0 Å². The van der Waals surface area contributed by atoms with Crippen LogP contribution in [0.1, 0.15) is 12.0 Å². The van der Waals surface area contributed by atoms with E-state index in [2.05, 4.69) is 4.98 Å². The number of likely N-dealkylation sites (tertiary alicyclic amines) is 1. The van der Waals surface area contributed by atoms with Crippen LogP contribution >= 0.6 is 11.6 Å². The Morgan fingerprint density at radius 1 is 1.03 bits per heavy atom. The van der Waals surface area contributed by atoms with E-state index in [1.54, 1.807) is 17.0 Å². The van der Waals surface area contributed by atoms with Gasteiger partial charge in [-0.15, -0.1) is 0 Å². The Morgan fingerprint density at radius 2 is 1.74 bits per heavy atom. The van der Waals surface area contributed by atoms with Gasteiger partial charge in [-0.1, -0.05) is 41.9 Å². The molecule has 0 spiro atoms. The predicted octanol–water partition coefficient (Wildman–Crippen LogP) is 3.84. The normalized spacial score (nSPS) is 22.7. The highest BCUT2D eigenvalue weighted by molar-refractivity contribution is 6.30. The molecule has 2 aromatic rings. The third-order valence-corrected chi connectivity index (χ3v) is 6.38. The zero-order chi connectivity index (χ0) is 22.1. The monoisotopic (exact) mass is 452 g/mol. The van der Waals surface area contributed by atoms with Gasteiger partial charge in [-0.05, 0) is 30.7 Å². The lowest BCUT2D eigenvalue weighted by Gasteiger charge is -2.40. The summed E-state index contributed by atoms with van der Waals surface area (Å²) in [6.07, 6.45) is -3.27. The van der Waals surface area contributed by atoms with Crippen molar-refractivity contribution in [3.05, 3.63) is 59.2 Å². The van der Waals surface area contributed by atoms with Crippen molar-refractivity contribution in [1.29, 1.82) is 0 Å². The molecule has 166 valence electrons. The zero-order valence-electron chi connectivity index (χ0n) is 17.0. The predicted molar refractivity (Wildman–Crippen MR) is 113 cm³/mol. The molecule has 1 aromatic carbocycles. The van der Waals surface area contributed by atoms with Crippen molar-refractivity contribution in [2.45, 2.75) is 19.1 Å². The number of hydrogen-bond acceptors (Lipinski definition) is 4. The number of amides is 1. The fraction of sp³-hybridized carbons (Fsp3) is 0.455. The molecule has 1 unspecified atom stereocenters. The van der Waals surface area contributed by atoms with Crippen LogP contribution in [0.25, 0.3) is 0 Å². The molecule has 2 saturated heterocycles. The van der Waals surface area contributed by atoms with Crippen LogP contribution in [0.2, 0.25) is 5.02 Å². The molecule has 9 heteroatoms. The van der Waals surface area contributed by atoms with Gasteiger partial charge in [0.15, 0.2) is 5.41 Å². The molecule has 1 atom stereocenters. The molecule has 31 heavy (non-hydrogen) atoms. The highest BCUT2D eigenvalue weighted by Gasteiger charge is 2.64. The molecule has 2 aliphatic heterocycles.